The number of hydrogen-bond acceptors (Lipinski definition) is 4. The van der Waals surface area contributed by atoms with Gasteiger partial charge in [0.05, 0.1) is 0 Å². The van der Waals surface area contributed by atoms with Gasteiger partial charge in [-0.25, -0.2) is 5.43 Å². The maximum absolute atomic E-state index is 10.4. The Kier molecular flexibility index (Phi) is 5.15. The predicted octanol–water partition coefficient (Wildman–Crippen LogP) is -0.0313. The molecule has 0 heterocycles. The van der Waals surface area contributed by atoms with Gasteiger partial charge in [-0.05, 0) is 0 Å². The van der Waals surface area contributed by atoms with Crippen molar-refractivity contribution in [3.63, 3.8) is 0 Å². The Balaban J connectivity index is 2.97. The Morgan fingerprint density at radius 1 is 1.56 bits per heavy atom. The van der Waals surface area contributed by atoms with Gasteiger partial charge >= 0.3 is 5.97 Å². The molecule has 0 bridgehead atoms. The van der Waals surface area contributed by atoms with E-state index in [1.54, 1.807) is 6.92 Å². The number of hydrazine groups is 1. The fourth-order valence-electron chi connectivity index (χ4n) is 0.237. The van der Waals surface area contributed by atoms with Crippen molar-refractivity contribution in [3.05, 3.63) is 0 Å². The molecule has 0 aromatic carbocycles. The van der Waals surface area contributed by atoms with Gasteiger partial charge in [-0.2, -0.15) is 0 Å². The molecule has 0 amide bonds. The lowest BCUT2D eigenvalue weighted by Crippen LogP contribution is -2.33. The van der Waals surface area contributed by atoms with Gasteiger partial charge in [0.15, 0.2) is 0 Å². The van der Waals surface area contributed by atoms with Crippen molar-refractivity contribution in [2.75, 3.05) is 6.54 Å². The third kappa shape index (κ3) is 5.26. The molecule has 0 aromatic rings. The molecule has 0 aliphatic heterocycles. The van der Waals surface area contributed by atoms with Crippen molar-refractivity contribution in [3.8, 4) is 0 Å². The van der Waals surface area contributed by atoms with Gasteiger partial charge in [-0.15, -0.1) is 0 Å². The molecule has 0 aliphatic rings. The molecule has 2 N–H and O–H groups in total. The van der Waals surface area contributed by atoms with Crippen LogP contribution in [0.4, 0.5) is 0 Å². The lowest BCUT2D eigenvalue weighted by Gasteiger charge is -2.02. The molecule has 0 saturated heterocycles. The minimum Gasteiger partial charge on any atom is -0.356 e. The van der Waals surface area contributed by atoms with E-state index in [9.17, 15) is 4.79 Å². The van der Waals surface area contributed by atoms with E-state index in [1.807, 2.05) is 6.92 Å². The molecule has 0 atom stereocenters. The number of hydrogen-bond donors (Lipinski definition) is 2. The van der Waals surface area contributed by atoms with Gasteiger partial charge in [-0.3, -0.25) is 4.79 Å². The minimum absolute atomic E-state index is 0.268. The molecule has 0 radical (unpaired) electrons. The van der Waals surface area contributed by atoms with E-state index in [-0.39, 0.29) is 5.97 Å². The van der Waals surface area contributed by atoms with E-state index >= 15 is 0 Å². The molecule has 0 aromatic heterocycles. The molecule has 0 fully saturated rings. The van der Waals surface area contributed by atoms with Crippen molar-refractivity contribution < 1.29 is 9.63 Å². The van der Waals surface area contributed by atoms with Crippen LogP contribution in [0.25, 0.3) is 0 Å². The average Bonchev–Trinajstić information content (AvgIpc) is 1.89. The van der Waals surface area contributed by atoms with Crippen LogP contribution < -0.4 is 11.0 Å². The highest BCUT2D eigenvalue weighted by Crippen LogP contribution is 1.76. The Morgan fingerprint density at radius 2 is 2.22 bits per heavy atom. The van der Waals surface area contributed by atoms with Gasteiger partial charge in [0.1, 0.15) is 0 Å². The molecule has 4 nitrogen and oxygen atoms in total. The van der Waals surface area contributed by atoms with E-state index in [4.69, 9.17) is 0 Å². The van der Waals surface area contributed by atoms with Crippen molar-refractivity contribution >= 4 is 5.97 Å². The highest BCUT2D eigenvalue weighted by Gasteiger charge is 1.93. The monoisotopic (exact) mass is 132 g/mol. The maximum atomic E-state index is 10.4. The van der Waals surface area contributed by atoms with Crippen molar-refractivity contribution in [1.29, 1.82) is 0 Å². The highest BCUT2D eigenvalue weighted by molar-refractivity contribution is 5.68. The fourth-order valence-corrected chi connectivity index (χ4v) is 0.237. The first-order valence-corrected chi connectivity index (χ1v) is 2.98. The summed E-state index contributed by atoms with van der Waals surface area (Å²) in [5.74, 6) is -0.268. The van der Waals surface area contributed by atoms with Crippen molar-refractivity contribution in [2.45, 2.75) is 20.3 Å². The first-order valence-electron chi connectivity index (χ1n) is 2.98. The van der Waals surface area contributed by atoms with Crippen LogP contribution in [0.15, 0.2) is 0 Å². The Morgan fingerprint density at radius 3 is 2.67 bits per heavy atom. The summed E-state index contributed by atoms with van der Waals surface area (Å²) < 4.78 is 0. The van der Waals surface area contributed by atoms with Gasteiger partial charge in [0.25, 0.3) is 0 Å². The molecule has 4 heteroatoms. The first kappa shape index (κ1) is 8.39. The number of carbonyl (C=O) groups is 1. The Hall–Kier alpha value is -0.610. The van der Waals surface area contributed by atoms with Crippen LogP contribution in [-0.2, 0) is 9.63 Å². The molecule has 0 aliphatic carbocycles. The quantitative estimate of drug-likeness (QED) is 0.416. The molecule has 0 unspecified atom stereocenters. The fraction of sp³-hybridized carbons (Fsp3) is 0.800. The molecule has 0 saturated carbocycles. The smallest absolute Gasteiger partial charge is 0.326 e. The van der Waals surface area contributed by atoms with Crippen molar-refractivity contribution in [1.82, 2.24) is 11.0 Å². The zero-order valence-electron chi connectivity index (χ0n) is 5.73. The normalized spacial score (nSPS) is 9.11. The van der Waals surface area contributed by atoms with E-state index in [2.05, 4.69) is 15.9 Å². The topological polar surface area (TPSA) is 50.4 Å². The number of carbonyl (C=O) groups excluding carboxylic acids is 1. The van der Waals surface area contributed by atoms with Crippen LogP contribution in [0.2, 0.25) is 0 Å². The molecule has 54 valence electrons. The summed E-state index contributed by atoms with van der Waals surface area (Å²) in [5, 5.41) is 0. The lowest BCUT2D eigenvalue weighted by atomic mass is 10.5. The SMILES string of the molecule is CCNNOC(=O)CC. The number of nitrogens with one attached hydrogen (secondary N) is 2. The zero-order chi connectivity index (χ0) is 7.11. The summed E-state index contributed by atoms with van der Waals surface area (Å²) >= 11 is 0. The van der Waals surface area contributed by atoms with Crippen LogP contribution >= 0.6 is 0 Å². The molecule has 9 heavy (non-hydrogen) atoms. The summed E-state index contributed by atoms with van der Waals surface area (Å²) in [4.78, 5) is 14.8. The summed E-state index contributed by atoms with van der Waals surface area (Å²) in [5.41, 5.74) is 4.91. The van der Waals surface area contributed by atoms with Crippen LogP contribution in [-0.4, -0.2) is 12.5 Å². The van der Waals surface area contributed by atoms with Crippen LogP contribution in [0.5, 0.6) is 0 Å². The third-order valence-corrected chi connectivity index (χ3v) is 0.702. The molecule has 0 rings (SSSR count). The Bertz CT molecular complexity index is 85.0. The zero-order valence-corrected chi connectivity index (χ0v) is 5.73. The third-order valence-electron chi connectivity index (χ3n) is 0.702. The van der Waals surface area contributed by atoms with Gasteiger partial charge in [0.2, 0.25) is 0 Å². The van der Waals surface area contributed by atoms with E-state index in [0.717, 1.165) is 6.54 Å². The van der Waals surface area contributed by atoms with Gasteiger partial charge < -0.3 is 4.84 Å². The van der Waals surface area contributed by atoms with E-state index in [1.165, 1.54) is 0 Å². The largest absolute Gasteiger partial charge is 0.356 e. The minimum atomic E-state index is -0.268. The van der Waals surface area contributed by atoms with Gasteiger partial charge in [-0.1, -0.05) is 19.4 Å². The van der Waals surface area contributed by atoms with E-state index in [0.29, 0.717) is 6.42 Å². The van der Waals surface area contributed by atoms with Crippen LogP contribution in [0.1, 0.15) is 20.3 Å². The predicted molar refractivity (Wildman–Crippen MR) is 33.2 cm³/mol. The standard InChI is InChI=1S/C5H12N2O2/c1-3-5(8)9-7-6-4-2/h6-7H,3-4H2,1-2H3. The Labute approximate surface area is 54.5 Å². The van der Waals surface area contributed by atoms with Gasteiger partial charge in [0, 0.05) is 13.0 Å². The second kappa shape index (κ2) is 5.53. The molecule has 0 spiro atoms. The highest BCUT2D eigenvalue weighted by atomic mass is 16.7. The van der Waals surface area contributed by atoms with Crippen LogP contribution in [0, 0.1) is 0 Å². The molecular weight excluding hydrogens is 120 g/mol. The van der Waals surface area contributed by atoms with Crippen LogP contribution in [0.3, 0.4) is 0 Å². The number of rotatable bonds is 4. The average molecular weight is 132 g/mol. The summed E-state index contributed by atoms with van der Waals surface area (Å²) in [6.07, 6.45) is 0.387. The second-order valence-corrected chi connectivity index (χ2v) is 1.46. The van der Waals surface area contributed by atoms with E-state index < -0.39 is 0 Å². The summed E-state index contributed by atoms with van der Waals surface area (Å²) in [7, 11) is 0. The molecular formula is C5H12N2O2. The van der Waals surface area contributed by atoms with Crippen molar-refractivity contribution in [2.24, 2.45) is 0 Å². The summed E-state index contributed by atoms with van der Waals surface area (Å²) in [6, 6.07) is 0. The summed E-state index contributed by atoms with van der Waals surface area (Å²) in [6.45, 7) is 4.35. The lowest BCUT2D eigenvalue weighted by molar-refractivity contribution is -0.153. The second-order valence-electron chi connectivity index (χ2n) is 1.46. The maximum Gasteiger partial charge on any atom is 0.326 e. The first-order chi connectivity index (χ1) is 4.31.